The van der Waals surface area contributed by atoms with Crippen molar-refractivity contribution in [2.75, 3.05) is 13.1 Å². The number of sulfonamides is 1. The SMILES string of the molecule is CCCCC(=O)N(CCC(=O)NC[C@H](S)C1CCCCC1)Cc1ccc(-c2ccccc2S(=O)(=O)NC(C)=O)c(Cl)c1. The fraction of sp³-hybridized carbons (Fsp3) is 0.516. The molecule has 0 spiro atoms. The third-order valence-corrected chi connectivity index (χ3v) is 9.97. The summed E-state index contributed by atoms with van der Waals surface area (Å²) in [6.07, 6.45) is 8.23. The van der Waals surface area contributed by atoms with Crippen LogP contribution in [0.1, 0.15) is 77.2 Å². The van der Waals surface area contributed by atoms with Gasteiger partial charge < -0.3 is 10.2 Å². The van der Waals surface area contributed by atoms with Gasteiger partial charge in [-0.15, -0.1) is 0 Å². The minimum absolute atomic E-state index is 0.0362. The lowest BCUT2D eigenvalue weighted by Gasteiger charge is -2.27. The van der Waals surface area contributed by atoms with Gasteiger partial charge in [0.05, 0.1) is 4.90 Å². The van der Waals surface area contributed by atoms with Crippen LogP contribution in [-0.4, -0.2) is 49.4 Å². The fourth-order valence-corrected chi connectivity index (χ4v) is 7.18. The lowest BCUT2D eigenvalue weighted by Crippen LogP contribution is -2.37. The maximum absolute atomic E-state index is 13.1. The molecule has 1 fully saturated rings. The fourth-order valence-electron chi connectivity index (χ4n) is 5.27. The topological polar surface area (TPSA) is 113 Å². The van der Waals surface area contributed by atoms with E-state index in [4.69, 9.17) is 24.2 Å². The van der Waals surface area contributed by atoms with Crippen LogP contribution >= 0.6 is 24.2 Å². The van der Waals surface area contributed by atoms with E-state index in [1.54, 1.807) is 41.3 Å². The van der Waals surface area contributed by atoms with E-state index in [2.05, 4.69) is 5.32 Å². The molecule has 1 atom stereocenters. The summed E-state index contributed by atoms with van der Waals surface area (Å²) < 4.78 is 27.5. The second kappa shape index (κ2) is 16.3. The molecule has 0 saturated heterocycles. The zero-order valence-corrected chi connectivity index (χ0v) is 26.9. The molecule has 11 heteroatoms. The lowest BCUT2D eigenvalue weighted by molar-refractivity contribution is -0.132. The quantitative estimate of drug-likeness (QED) is 0.229. The smallest absolute Gasteiger partial charge is 0.264 e. The van der Waals surface area contributed by atoms with Gasteiger partial charge in [-0.1, -0.05) is 74.5 Å². The molecule has 3 rings (SSSR count). The van der Waals surface area contributed by atoms with Crippen LogP contribution in [0.3, 0.4) is 0 Å². The highest BCUT2D eigenvalue weighted by Crippen LogP contribution is 2.34. The molecule has 1 saturated carbocycles. The molecule has 0 aliphatic heterocycles. The van der Waals surface area contributed by atoms with Gasteiger partial charge in [-0.2, -0.15) is 12.6 Å². The minimum atomic E-state index is -4.09. The van der Waals surface area contributed by atoms with E-state index in [1.165, 1.54) is 25.3 Å². The number of benzene rings is 2. The summed E-state index contributed by atoms with van der Waals surface area (Å²) in [6.45, 7) is 4.21. The van der Waals surface area contributed by atoms with Gasteiger partial charge in [0.15, 0.2) is 0 Å². The van der Waals surface area contributed by atoms with Crippen molar-refractivity contribution in [1.29, 1.82) is 0 Å². The van der Waals surface area contributed by atoms with Crippen molar-refractivity contribution in [3.05, 3.63) is 53.1 Å². The molecular formula is C31H42ClN3O5S2. The van der Waals surface area contributed by atoms with Crippen molar-refractivity contribution >= 4 is 52.0 Å². The summed E-state index contributed by atoms with van der Waals surface area (Å²) in [5.41, 5.74) is 1.59. The van der Waals surface area contributed by atoms with Crippen molar-refractivity contribution in [2.24, 2.45) is 5.92 Å². The van der Waals surface area contributed by atoms with Gasteiger partial charge in [-0.3, -0.25) is 14.4 Å². The molecule has 0 unspecified atom stereocenters. The Labute approximate surface area is 260 Å². The molecule has 2 N–H and O–H groups in total. The second-order valence-electron chi connectivity index (χ2n) is 10.9. The minimum Gasteiger partial charge on any atom is -0.355 e. The third-order valence-electron chi connectivity index (χ3n) is 7.56. The molecule has 8 nitrogen and oxygen atoms in total. The summed E-state index contributed by atoms with van der Waals surface area (Å²) >= 11 is 11.4. The van der Waals surface area contributed by atoms with Crippen LogP contribution in [0.25, 0.3) is 11.1 Å². The van der Waals surface area contributed by atoms with Crippen molar-refractivity contribution < 1.29 is 22.8 Å². The second-order valence-corrected chi connectivity index (χ2v) is 13.6. The number of nitrogens with zero attached hydrogens (tertiary/aromatic N) is 1. The van der Waals surface area contributed by atoms with Crippen LogP contribution in [0.15, 0.2) is 47.4 Å². The van der Waals surface area contributed by atoms with E-state index in [0.29, 0.717) is 35.0 Å². The highest BCUT2D eigenvalue weighted by atomic mass is 35.5. The lowest BCUT2D eigenvalue weighted by atomic mass is 9.86. The number of nitrogens with one attached hydrogen (secondary N) is 2. The standard InChI is InChI=1S/C31H42ClN3O5S2/c1-3-4-14-31(38)35(18-17-30(37)33-20-28(41)24-10-6-5-7-11-24)21-23-15-16-25(27(32)19-23)26-12-8-9-13-29(26)42(39,40)34-22(2)36/h8-9,12-13,15-16,19,24,28,41H,3-7,10-11,14,17-18,20-21H2,1-2H3,(H,33,37)(H,34,36)/t28-/m0/s1. The molecule has 0 bridgehead atoms. The van der Waals surface area contributed by atoms with Gasteiger partial charge in [0.1, 0.15) is 0 Å². The van der Waals surface area contributed by atoms with Crippen LogP contribution in [0, 0.1) is 5.92 Å². The first-order valence-corrected chi connectivity index (χ1v) is 17.0. The Balaban J connectivity index is 1.71. The summed E-state index contributed by atoms with van der Waals surface area (Å²) in [7, 11) is -4.09. The number of rotatable bonds is 14. The maximum atomic E-state index is 13.1. The van der Waals surface area contributed by atoms with Crippen LogP contribution < -0.4 is 10.0 Å². The number of halogens is 1. The molecule has 2 aromatic carbocycles. The number of carbonyl (C=O) groups excluding carboxylic acids is 3. The first-order chi connectivity index (χ1) is 20.0. The Kier molecular flexibility index (Phi) is 13.2. The summed E-state index contributed by atoms with van der Waals surface area (Å²) in [4.78, 5) is 38.8. The number of thiol groups is 1. The number of hydrogen-bond acceptors (Lipinski definition) is 6. The number of amides is 3. The summed E-state index contributed by atoms with van der Waals surface area (Å²) in [6, 6.07) is 11.5. The Morgan fingerprint density at radius 1 is 1.05 bits per heavy atom. The highest BCUT2D eigenvalue weighted by molar-refractivity contribution is 7.90. The zero-order chi connectivity index (χ0) is 30.7. The molecule has 0 heterocycles. The molecule has 1 aliphatic carbocycles. The van der Waals surface area contributed by atoms with Crippen LogP contribution in [0.4, 0.5) is 0 Å². The largest absolute Gasteiger partial charge is 0.355 e. The molecule has 3 amide bonds. The molecule has 42 heavy (non-hydrogen) atoms. The Bertz CT molecular complexity index is 1350. The number of hydrogen-bond donors (Lipinski definition) is 3. The first-order valence-electron chi connectivity index (χ1n) is 14.7. The third kappa shape index (κ3) is 10.0. The Hall–Kier alpha value is -2.56. The Morgan fingerprint density at radius 3 is 2.43 bits per heavy atom. The monoisotopic (exact) mass is 635 g/mol. The molecular weight excluding hydrogens is 594 g/mol. The molecule has 2 aromatic rings. The van der Waals surface area contributed by atoms with Gasteiger partial charge in [-0.25, -0.2) is 13.1 Å². The van der Waals surface area contributed by atoms with E-state index < -0.39 is 15.9 Å². The normalized spacial score (nSPS) is 14.7. The predicted molar refractivity (Wildman–Crippen MR) is 170 cm³/mol. The average molecular weight is 636 g/mol. The van der Waals surface area contributed by atoms with Crippen LogP contribution in [0.5, 0.6) is 0 Å². The van der Waals surface area contributed by atoms with Crippen LogP contribution in [-0.2, 0) is 31.0 Å². The van der Waals surface area contributed by atoms with Crippen LogP contribution in [0.2, 0.25) is 5.02 Å². The van der Waals surface area contributed by atoms with Crippen molar-refractivity contribution in [3.63, 3.8) is 0 Å². The highest BCUT2D eigenvalue weighted by Gasteiger charge is 2.23. The van der Waals surface area contributed by atoms with Gasteiger partial charge in [0.2, 0.25) is 17.7 Å². The molecule has 0 aromatic heterocycles. The van der Waals surface area contributed by atoms with Crippen molar-refractivity contribution in [1.82, 2.24) is 14.9 Å². The van der Waals surface area contributed by atoms with E-state index in [-0.39, 0.29) is 41.5 Å². The molecule has 230 valence electrons. The van der Waals surface area contributed by atoms with Crippen molar-refractivity contribution in [2.45, 2.75) is 88.3 Å². The maximum Gasteiger partial charge on any atom is 0.264 e. The van der Waals surface area contributed by atoms with E-state index in [9.17, 15) is 22.8 Å². The molecule has 1 aliphatic rings. The first kappa shape index (κ1) is 33.9. The Morgan fingerprint density at radius 2 is 1.76 bits per heavy atom. The van der Waals surface area contributed by atoms with Gasteiger partial charge in [-0.05, 0) is 42.9 Å². The van der Waals surface area contributed by atoms with E-state index in [0.717, 1.165) is 38.2 Å². The van der Waals surface area contributed by atoms with E-state index in [1.807, 2.05) is 11.6 Å². The summed E-state index contributed by atoms with van der Waals surface area (Å²) in [5, 5.41) is 3.43. The molecule has 0 radical (unpaired) electrons. The van der Waals surface area contributed by atoms with Gasteiger partial charge in [0, 0.05) is 60.8 Å². The number of carbonyl (C=O) groups is 3. The predicted octanol–water partition coefficient (Wildman–Crippen LogP) is 5.74. The summed E-state index contributed by atoms with van der Waals surface area (Å²) in [5.74, 6) is -0.309. The average Bonchev–Trinajstić information content (AvgIpc) is 2.96. The van der Waals surface area contributed by atoms with E-state index >= 15 is 0 Å². The zero-order valence-electron chi connectivity index (χ0n) is 24.4. The van der Waals surface area contributed by atoms with Crippen molar-refractivity contribution in [3.8, 4) is 11.1 Å². The van der Waals surface area contributed by atoms with Gasteiger partial charge >= 0.3 is 0 Å². The number of unbranched alkanes of at least 4 members (excludes halogenated alkanes) is 1. The van der Waals surface area contributed by atoms with Gasteiger partial charge in [0.25, 0.3) is 10.0 Å².